The molecule has 1 heterocycles. The van der Waals surface area contributed by atoms with Gasteiger partial charge in [0.15, 0.2) is 0 Å². The van der Waals surface area contributed by atoms with Crippen molar-refractivity contribution >= 4 is 23.3 Å². The van der Waals surface area contributed by atoms with Gasteiger partial charge in [0.1, 0.15) is 0 Å². The average molecular weight is 262 g/mol. The van der Waals surface area contributed by atoms with Crippen LogP contribution in [0.1, 0.15) is 26.3 Å². The maximum Gasteiger partial charge on any atom is 0.336 e. The largest absolute Gasteiger partial charge is 0.478 e. The first-order valence-electron chi connectivity index (χ1n) is 5.16. The predicted octanol–water partition coefficient (Wildman–Crippen LogP) is 3.12. The monoisotopic (exact) mass is 262 g/mol. The Morgan fingerprint density at radius 3 is 2.33 bits per heavy atom. The van der Waals surface area contributed by atoms with E-state index in [-0.39, 0.29) is 16.7 Å². The number of aromatic carboxylic acids is 2. The van der Waals surface area contributed by atoms with Crippen molar-refractivity contribution in [1.29, 1.82) is 0 Å². The Hall–Kier alpha value is -2.14. The summed E-state index contributed by atoms with van der Waals surface area (Å²) < 4.78 is 0. The van der Waals surface area contributed by atoms with Gasteiger partial charge in [-0.05, 0) is 30.0 Å². The number of carboxylic acid groups (broad SMARTS) is 2. The van der Waals surface area contributed by atoms with Crippen LogP contribution in [0.4, 0.5) is 0 Å². The highest BCUT2D eigenvalue weighted by Gasteiger charge is 2.20. The Morgan fingerprint density at radius 2 is 1.83 bits per heavy atom. The van der Waals surface area contributed by atoms with Crippen molar-refractivity contribution < 1.29 is 19.8 Å². The summed E-state index contributed by atoms with van der Waals surface area (Å²) in [6.07, 6.45) is 0. The molecule has 2 rings (SSSR count). The van der Waals surface area contributed by atoms with E-state index in [9.17, 15) is 14.7 Å². The lowest BCUT2D eigenvalue weighted by Crippen LogP contribution is -2.08. The van der Waals surface area contributed by atoms with Crippen LogP contribution < -0.4 is 0 Å². The van der Waals surface area contributed by atoms with Gasteiger partial charge in [-0.25, -0.2) is 9.59 Å². The number of benzene rings is 1. The predicted molar refractivity (Wildman–Crippen MR) is 68.4 cm³/mol. The highest BCUT2D eigenvalue weighted by molar-refractivity contribution is 7.13. The molecule has 1 aromatic heterocycles. The fourth-order valence-corrected chi connectivity index (χ4v) is 2.61. The van der Waals surface area contributed by atoms with E-state index in [2.05, 4.69) is 0 Å². The first kappa shape index (κ1) is 12.3. The van der Waals surface area contributed by atoms with Crippen molar-refractivity contribution in [3.05, 3.63) is 46.3 Å². The second-order valence-electron chi connectivity index (χ2n) is 3.75. The first-order valence-corrected chi connectivity index (χ1v) is 6.04. The second kappa shape index (κ2) is 4.62. The van der Waals surface area contributed by atoms with E-state index >= 15 is 0 Å². The molecule has 2 N–H and O–H groups in total. The third-order valence-electron chi connectivity index (χ3n) is 2.70. The summed E-state index contributed by atoms with van der Waals surface area (Å²) in [5.74, 6) is -2.23. The molecular weight excluding hydrogens is 252 g/mol. The topological polar surface area (TPSA) is 74.6 Å². The summed E-state index contributed by atoms with van der Waals surface area (Å²) in [4.78, 5) is 23.1. The molecule has 18 heavy (non-hydrogen) atoms. The van der Waals surface area contributed by atoms with Crippen LogP contribution in [0.3, 0.4) is 0 Å². The highest BCUT2D eigenvalue weighted by atomic mass is 32.1. The van der Waals surface area contributed by atoms with Crippen LogP contribution in [0.25, 0.3) is 10.4 Å². The number of thiophene rings is 1. The number of hydrogen-bond donors (Lipinski definition) is 2. The van der Waals surface area contributed by atoms with Gasteiger partial charge >= 0.3 is 11.9 Å². The van der Waals surface area contributed by atoms with Gasteiger partial charge in [-0.3, -0.25) is 0 Å². The molecule has 0 radical (unpaired) electrons. The Bertz CT molecular complexity index is 614. The minimum absolute atomic E-state index is 0.0210. The zero-order valence-electron chi connectivity index (χ0n) is 9.51. The molecule has 0 unspecified atom stereocenters. The van der Waals surface area contributed by atoms with E-state index in [1.807, 2.05) is 17.5 Å². The summed E-state index contributed by atoms with van der Waals surface area (Å²) in [6, 6.07) is 6.63. The Balaban J connectivity index is 2.73. The quantitative estimate of drug-likeness (QED) is 0.891. The van der Waals surface area contributed by atoms with Crippen LogP contribution in [-0.4, -0.2) is 22.2 Å². The third-order valence-corrected chi connectivity index (χ3v) is 3.60. The van der Waals surface area contributed by atoms with Crippen molar-refractivity contribution in [3.8, 4) is 10.4 Å². The van der Waals surface area contributed by atoms with Crippen LogP contribution in [0, 0.1) is 6.92 Å². The van der Waals surface area contributed by atoms with Crippen LogP contribution in [-0.2, 0) is 0 Å². The van der Waals surface area contributed by atoms with E-state index < -0.39 is 11.9 Å². The maximum atomic E-state index is 11.3. The third kappa shape index (κ3) is 2.00. The normalized spacial score (nSPS) is 10.3. The molecule has 0 spiro atoms. The van der Waals surface area contributed by atoms with Crippen molar-refractivity contribution in [3.63, 3.8) is 0 Å². The zero-order chi connectivity index (χ0) is 13.3. The first-order chi connectivity index (χ1) is 8.52. The standard InChI is InChI=1S/C13H10O4S/c1-7-8(12(14)15)4-5-9(11(7)13(16)17)10-3-2-6-18-10/h2-6H,1H3,(H,14,15)(H,16,17). The van der Waals surface area contributed by atoms with Crippen molar-refractivity contribution in [2.45, 2.75) is 6.92 Å². The fraction of sp³-hybridized carbons (Fsp3) is 0.0769. The van der Waals surface area contributed by atoms with Crippen molar-refractivity contribution in [1.82, 2.24) is 0 Å². The molecule has 92 valence electrons. The van der Waals surface area contributed by atoms with Gasteiger partial charge in [0.2, 0.25) is 0 Å². The smallest absolute Gasteiger partial charge is 0.336 e. The van der Waals surface area contributed by atoms with Crippen LogP contribution >= 0.6 is 11.3 Å². The number of hydrogen-bond acceptors (Lipinski definition) is 3. The van der Waals surface area contributed by atoms with Crippen LogP contribution in [0.5, 0.6) is 0 Å². The van der Waals surface area contributed by atoms with Gasteiger partial charge in [-0.2, -0.15) is 0 Å². The second-order valence-corrected chi connectivity index (χ2v) is 4.70. The minimum atomic E-state index is -1.12. The van der Waals surface area contributed by atoms with Gasteiger partial charge in [-0.15, -0.1) is 11.3 Å². The van der Waals surface area contributed by atoms with E-state index in [4.69, 9.17) is 5.11 Å². The summed E-state index contributed by atoms with van der Waals surface area (Å²) >= 11 is 1.42. The maximum absolute atomic E-state index is 11.3. The average Bonchev–Trinajstić information content (AvgIpc) is 2.80. The molecule has 0 aliphatic rings. The zero-order valence-corrected chi connectivity index (χ0v) is 10.3. The molecule has 0 amide bonds. The Kier molecular flexibility index (Phi) is 3.16. The van der Waals surface area contributed by atoms with Crippen molar-refractivity contribution in [2.75, 3.05) is 0 Å². The minimum Gasteiger partial charge on any atom is -0.478 e. The lowest BCUT2D eigenvalue weighted by Gasteiger charge is -2.10. The van der Waals surface area contributed by atoms with E-state index in [1.165, 1.54) is 24.3 Å². The molecule has 0 aliphatic carbocycles. The summed E-state index contributed by atoms with van der Waals surface area (Å²) in [7, 11) is 0. The van der Waals surface area contributed by atoms with Gasteiger partial charge in [0.25, 0.3) is 0 Å². The van der Waals surface area contributed by atoms with Gasteiger partial charge in [0.05, 0.1) is 11.1 Å². The molecule has 1 aromatic carbocycles. The molecule has 0 aliphatic heterocycles. The molecule has 5 heteroatoms. The molecule has 0 saturated heterocycles. The number of carboxylic acids is 2. The van der Waals surface area contributed by atoms with Crippen LogP contribution in [0.15, 0.2) is 29.6 Å². The highest BCUT2D eigenvalue weighted by Crippen LogP contribution is 2.31. The molecule has 4 nitrogen and oxygen atoms in total. The molecule has 0 saturated carbocycles. The van der Waals surface area contributed by atoms with E-state index in [0.29, 0.717) is 5.56 Å². The van der Waals surface area contributed by atoms with Gasteiger partial charge in [-0.1, -0.05) is 12.1 Å². The van der Waals surface area contributed by atoms with E-state index in [0.717, 1.165) is 4.88 Å². The SMILES string of the molecule is Cc1c(C(=O)O)ccc(-c2cccs2)c1C(=O)O. The Labute approximate surface area is 107 Å². The molecular formula is C13H10O4S. The summed E-state index contributed by atoms with van der Waals surface area (Å²) in [5, 5.41) is 20.1. The molecule has 0 bridgehead atoms. The van der Waals surface area contributed by atoms with Crippen molar-refractivity contribution in [2.24, 2.45) is 0 Å². The fourth-order valence-electron chi connectivity index (χ4n) is 1.86. The Morgan fingerprint density at radius 1 is 1.11 bits per heavy atom. The summed E-state index contributed by atoms with van der Waals surface area (Å²) in [6.45, 7) is 1.52. The molecule has 0 atom stereocenters. The number of carbonyl (C=O) groups is 2. The lowest BCUT2D eigenvalue weighted by molar-refractivity contribution is 0.0696. The lowest BCUT2D eigenvalue weighted by atomic mass is 9.96. The summed E-state index contributed by atoms with van der Waals surface area (Å²) in [5.41, 5.74) is 0.908. The van der Waals surface area contributed by atoms with Crippen LogP contribution in [0.2, 0.25) is 0 Å². The molecule has 0 fully saturated rings. The van der Waals surface area contributed by atoms with E-state index in [1.54, 1.807) is 6.07 Å². The van der Waals surface area contributed by atoms with Gasteiger partial charge < -0.3 is 10.2 Å². The number of rotatable bonds is 3. The van der Waals surface area contributed by atoms with Gasteiger partial charge in [0, 0.05) is 10.4 Å². The molecule has 2 aromatic rings.